The average molecular weight is 555 g/mol. The first-order valence-electron chi connectivity index (χ1n) is 11.8. The lowest BCUT2D eigenvalue weighted by atomic mass is 10.1. The molecular formula is C21H50O7Si5. The molecule has 33 heavy (non-hydrogen) atoms. The van der Waals surface area contributed by atoms with Gasteiger partial charge < -0.3 is 22.1 Å². The molecule has 0 fully saturated rings. The first-order valence-corrected chi connectivity index (χ1v) is 28.8. The molecule has 0 bridgehead atoms. The van der Waals surface area contributed by atoms with Gasteiger partial charge >= 0.3 is 11.9 Å². The van der Waals surface area contributed by atoms with Gasteiger partial charge in [-0.1, -0.05) is 0 Å². The summed E-state index contributed by atoms with van der Waals surface area (Å²) in [6.45, 7) is 30.2. The van der Waals surface area contributed by atoms with Gasteiger partial charge in [0, 0.05) is 6.42 Å². The van der Waals surface area contributed by atoms with E-state index in [0.717, 1.165) is 0 Å². The molecule has 0 unspecified atom stereocenters. The second-order valence-electron chi connectivity index (χ2n) is 13.4. The van der Waals surface area contributed by atoms with E-state index in [4.69, 9.17) is 22.1 Å². The molecule has 0 aromatic heterocycles. The Balaban J connectivity index is 6.31. The summed E-state index contributed by atoms with van der Waals surface area (Å²) in [6, 6.07) is 0. The molecule has 0 aliphatic carbocycles. The smallest absolute Gasteiger partial charge is 0.323 e. The van der Waals surface area contributed by atoms with Crippen LogP contribution in [0, 0.1) is 0 Å². The second-order valence-corrected chi connectivity index (χ2v) is 35.7. The maximum Gasteiger partial charge on any atom is 0.323 e. The summed E-state index contributed by atoms with van der Waals surface area (Å²) < 4.78 is 30.8. The summed E-state index contributed by atoms with van der Waals surface area (Å²) in [5, 5.41) is 0. The van der Waals surface area contributed by atoms with E-state index in [-0.39, 0.29) is 12.4 Å². The van der Waals surface area contributed by atoms with Crippen molar-refractivity contribution in [1.29, 1.82) is 0 Å². The quantitative estimate of drug-likeness (QED) is 0.266. The minimum Gasteiger partial charge on any atom is -0.518 e. The van der Waals surface area contributed by atoms with Crippen molar-refractivity contribution in [2.45, 2.75) is 123 Å². The molecule has 12 heteroatoms. The van der Waals surface area contributed by atoms with Crippen molar-refractivity contribution in [2.75, 3.05) is 0 Å². The molecular weight excluding hydrogens is 505 g/mol. The van der Waals surface area contributed by atoms with Crippen LogP contribution < -0.4 is 0 Å². The van der Waals surface area contributed by atoms with Crippen molar-refractivity contribution in [2.24, 2.45) is 0 Å². The van der Waals surface area contributed by atoms with Gasteiger partial charge in [-0.15, -0.1) is 0 Å². The lowest BCUT2D eigenvalue weighted by Crippen LogP contribution is -2.53. The van der Waals surface area contributed by atoms with Crippen LogP contribution in [0.4, 0.5) is 0 Å². The largest absolute Gasteiger partial charge is 0.518 e. The molecule has 0 N–H and O–H groups in total. The van der Waals surface area contributed by atoms with Crippen molar-refractivity contribution in [1.82, 2.24) is 0 Å². The Morgan fingerprint density at radius 3 is 1.21 bits per heavy atom. The van der Waals surface area contributed by atoms with Gasteiger partial charge in [-0.05, 0) is 98.2 Å². The van der Waals surface area contributed by atoms with E-state index in [1.807, 2.05) is 78.6 Å². The standard InChI is InChI=1S/C21H50O7Si5/c1-29(2,3)24-17(19(26-31(7,8)9)21(23)28-33(13,14)15)16-18(25-30(4,5)6)20(22)27-32(10,11)12/h17-19H,16H2,1-15H3/t17-,18+,19+/m1/s1. The molecule has 0 spiro atoms. The Hall–Kier alpha value is -0.0956. The Morgan fingerprint density at radius 1 is 0.515 bits per heavy atom. The molecule has 0 aromatic rings. The van der Waals surface area contributed by atoms with Gasteiger partial charge in [0.15, 0.2) is 31.1 Å². The summed E-state index contributed by atoms with van der Waals surface area (Å²) in [5.74, 6) is -0.795. The lowest BCUT2D eigenvalue weighted by molar-refractivity contribution is -0.153. The lowest BCUT2D eigenvalue weighted by Gasteiger charge is -2.38. The van der Waals surface area contributed by atoms with Crippen LogP contribution >= 0.6 is 0 Å². The molecule has 0 amide bonds. The number of carbonyl (C=O) groups excluding carboxylic acids is 2. The van der Waals surface area contributed by atoms with Crippen LogP contribution in [-0.2, 0) is 31.7 Å². The van der Waals surface area contributed by atoms with E-state index in [1.54, 1.807) is 0 Å². The Labute approximate surface area is 207 Å². The van der Waals surface area contributed by atoms with E-state index in [0.29, 0.717) is 0 Å². The molecule has 0 rings (SSSR count). The second kappa shape index (κ2) is 11.8. The summed E-state index contributed by atoms with van der Waals surface area (Å²) in [5.41, 5.74) is 0. The van der Waals surface area contributed by atoms with E-state index < -0.39 is 65.9 Å². The molecule has 0 saturated carbocycles. The van der Waals surface area contributed by atoms with Crippen LogP contribution in [0.15, 0.2) is 0 Å². The minimum absolute atomic E-state index is 0.188. The molecule has 0 saturated heterocycles. The predicted octanol–water partition coefficient (Wildman–Crippen LogP) is 5.79. The zero-order chi connectivity index (χ0) is 26.6. The molecule has 3 atom stereocenters. The van der Waals surface area contributed by atoms with E-state index in [1.165, 1.54) is 0 Å². The molecule has 0 aromatic carbocycles. The molecule has 0 aliphatic heterocycles. The zero-order valence-electron chi connectivity index (χ0n) is 23.8. The highest BCUT2D eigenvalue weighted by molar-refractivity contribution is 6.72. The first-order chi connectivity index (χ1) is 14.3. The normalized spacial score (nSPS) is 16.7. The Bertz CT molecular complexity index is 652. The third-order valence-electron chi connectivity index (χ3n) is 3.57. The molecule has 7 nitrogen and oxygen atoms in total. The fourth-order valence-corrected chi connectivity index (χ4v) is 7.54. The van der Waals surface area contributed by atoms with Gasteiger partial charge in [0.05, 0.1) is 6.10 Å². The van der Waals surface area contributed by atoms with Crippen molar-refractivity contribution in [3.05, 3.63) is 0 Å². The predicted molar refractivity (Wildman–Crippen MR) is 148 cm³/mol. The van der Waals surface area contributed by atoms with E-state index >= 15 is 0 Å². The maximum absolute atomic E-state index is 13.3. The number of hydrogen-bond donors (Lipinski definition) is 0. The fourth-order valence-electron chi connectivity index (χ4n) is 2.90. The van der Waals surface area contributed by atoms with Crippen LogP contribution in [0.2, 0.25) is 98.2 Å². The summed E-state index contributed by atoms with van der Waals surface area (Å²) >= 11 is 0. The number of hydrogen-bond acceptors (Lipinski definition) is 7. The van der Waals surface area contributed by atoms with Gasteiger partial charge in [-0.3, -0.25) is 9.59 Å². The van der Waals surface area contributed by atoms with Gasteiger partial charge in [-0.2, -0.15) is 0 Å². The van der Waals surface area contributed by atoms with Crippen molar-refractivity contribution < 1.29 is 31.7 Å². The van der Waals surface area contributed by atoms with Crippen LogP contribution in [0.3, 0.4) is 0 Å². The van der Waals surface area contributed by atoms with Crippen LogP contribution in [0.5, 0.6) is 0 Å². The first kappa shape index (κ1) is 32.9. The van der Waals surface area contributed by atoms with Crippen LogP contribution in [-0.4, -0.2) is 71.8 Å². The zero-order valence-corrected chi connectivity index (χ0v) is 28.8. The fraction of sp³-hybridized carbons (Fsp3) is 0.905. The van der Waals surface area contributed by atoms with Crippen molar-refractivity contribution >= 4 is 53.5 Å². The van der Waals surface area contributed by atoms with Crippen molar-refractivity contribution in [3.63, 3.8) is 0 Å². The summed E-state index contributed by atoms with van der Waals surface area (Å²) in [7, 11) is -10.7. The molecule has 196 valence electrons. The number of carbonyl (C=O) groups is 2. The highest BCUT2D eigenvalue weighted by atomic mass is 28.4. The van der Waals surface area contributed by atoms with Gasteiger partial charge in [-0.25, -0.2) is 0 Å². The van der Waals surface area contributed by atoms with Gasteiger partial charge in [0.1, 0.15) is 6.10 Å². The van der Waals surface area contributed by atoms with E-state index in [9.17, 15) is 9.59 Å². The molecule has 0 heterocycles. The highest BCUT2D eigenvalue weighted by Gasteiger charge is 2.43. The van der Waals surface area contributed by atoms with Crippen LogP contribution in [0.1, 0.15) is 6.42 Å². The van der Waals surface area contributed by atoms with Crippen molar-refractivity contribution in [3.8, 4) is 0 Å². The number of rotatable bonds is 13. The average Bonchev–Trinajstić information content (AvgIpc) is 2.44. The molecule has 0 aliphatic rings. The monoisotopic (exact) mass is 554 g/mol. The van der Waals surface area contributed by atoms with Crippen LogP contribution in [0.25, 0.3) is 0 Å². The summed E-state index contributed by atoms with van der Waals surface area (Å²) in [4.78, 5) is 26.5. The maximum atomic E-state index is 13.3. The van der Waals surface area contributed by atoms with Gasteiger partial charge in [0.2, 0.25) is 16.6 Å². The van der Waals surface area contributed by atoms with E-state index in [2.05, 4.69) is 19.6 Å². The Morgan fingerprint density at radius 2 is 0.879 bits per heavy atom. The minimum atomic E-state index is -2.16. The molecule has 0 radical (unpaired) electrons. The summed E-state index contributed by atoms with van der Waals surface area (Å²) in [6.07, 6.45) is -2.21. The topological polar surface area (TPSA) is 80.3 Å². The van der Waals surface area contributed by atoms with Gasteiger partial charge in [0.25, 0.3) is 0 Å². The highest BCUT2D eigenvalue weighted by Crippen LogP contribution is 2.26. The third-order valence-corrected chi connectivity index (χ3v) is 8.16. The third kappa shape index (κ3) is 17.1. The SMILES string of the molecule is C[Si](C)(C)OC(=O)[C@H](C[C@@H](O[Si](C)(C)C)[C@H](O[Si](C)(C)C)C(=O)O[Si](C)(C)C)O[Si](C)(C)C. The Kier molecular flexibility index (Phi) is 11.7.